The van der Waals surface area contributed by atoms with E-state index in [2.05, 4.69) is 20.4 Å². The first-order valence-corrected chi connectivity index (χ1v) is 9.01. The number of allylic oxidation sites excluding steroid dienone is 3. The second kappa shape index (κ2) is 5.41. The molecule has 0 saturated heterocycles. The number of carbonyl (C=O) groups is 2. The fourth-order valence-corrected chi connectivity index (χ4v) is 5.84. The van der Waals surface area contributed by atoms with Crippen molar-refractivity contribution in [3.63, 3.8) is 0 Å². The van der Waals surface area contributed by atoms with Gasteiger partial charge in [-0.15, -0.1) is 0 Å². The number of ether oxygens (including phenoxy) is 1. The molecule has 3 rings (SSSR count). The molecule has 25 heavy (non-hydrogen) atoms. The van der Waals surface area contributed by atoms with Crippen LogP contribution in [0.3, 0.4) is 0 Å². The predicted octanol–water partition coefficient (Wildman–Crippen LogP) is 4.22. The molecule has 1 N–H and O–H groups in total. The molecule has 0 aromatic heterocycles. The summed E-state index contributed by atoms with van der Waals surface area (Å²) < 4.78 is 6.13. The van der Waals surface area contributed by atoms with Gasteiger partial charge in [0.2, 0.25) is 11.6 Å². The van der Waals surface area contributed by atoms with E-state index in [9.17, 15) is 14.7 Å². The molecule has 1 saturated carbocycles. The van der Waals surface area contributed by atoms with Crippen molar-refractivity contribution in [3.8, 4) is 0 Å². The number of hydrogen-bond donors (Lipinski definition) is 1. The molecule has 0 aliphatic heterocycles. The molecule has 0 heterocycles. The lowest BCUT2D eigenvalue weighted by Crippen LogP contribution is -2.64. The predicted molar refractivity (Wildman–Crippen MR) is 96.2 cm³/mol. The molecule has 0 bridgehead atoms. The van der Waals surface area contributed by atoms with Gasteiger partial charge in [-0.05, 0) is 43.6 Å². The lowest BCUT2D eigenvalue weighted by molar-refractivity contribution is -0.199. The smallest absolute Gasteiger partial charge is 0.237 e. The van der Waals surface area contributed by atoms with E-state index in [0.717, 1.165) is 25.7 Å². The van der Waals surface area contributed by atoms with E-state index in [0.29, 0.717) is 23.1 Å². The molecule has 0 aromatic carbocycles. The van der Waals surface area contributed by atoms with Crippen LogP contribution in [0.2, 0.25) is 0 Å². The maximum atomic E-state index is 13.1. The fourth-order valence-electron chi connectivity index (χ4n) is 5.84. The van der Waals surface area contributed by atoms with Gasteiger partial charge in [-0.2, -0.15) is 0 Å². The minimum atomic E-state index is -0.639. The van der Waals surface area contributed by atoms with Gasteiger partial charge in [0.1, 0.15) is 5.76 Å². The summed E-state index contributed by atoms with van der Waals surface area (Å²) in [5.41, 5.74) is 0.376. The Morgan fingerprint density at radius 1 is 1.12 bits per heavy atom. The monoisotopic (exact) mass is 344 g/mol. The summed E-state index contributed by atoms with van der Waals surface area (Å²) in [6.07, 6.45) is 4.01. The zero-order valence-corrected chi connectivity index (χ0v) is 15.9. The molecule has 0 amide bonds. The van der Waals surface area contributed by atoms with E-state index in [1.54, 1.807) is 14.0 Å². The van der Waals surface area contributed by atoms with Crippen LogP contribution in [0.25, 0.3) is 0 Å². The number of fused-ring (bicyclic) bond motifs is 2. The molecule has 2 atom stereocenters. The quantitative estimate of drug-likeness (QED) is 0.602. The Hall–Kier alpha value is -1.68. The van der Waals surface area contributed by atoms with Crippen molar-refractivity contribution in [2.45, 2.75) is 65.4 Å². The highest BCUT2D eigenvalue weighted by Gasteiger charge is 2.65. The standard InChI is InChI=1S/C21H28O4/c1-12(2)14-16(22)13-8-11-21(25-6)19(3,4)9-7-10-20(21,5)15(13)18(24)17(14)23/h22H,1,7-11H2,2-6H3. The van der Waals surface area contributed by atoms with Gasteiger partial charge in [0.05, 0.1) is 11.2 Å². The molecule has 3 aliphatic carbocycles. The molecule has 1 fully saturated rings. The molecule has 2 unspecified atom stereocenters. The molecule has 0 spiro atoms. The highest BCUT2D eigenvalue weighted by molar-refractivity contribution is 6.51. The van der Waals surface area contributed by atoms with Crippen molar-refractivity contribution < 1.29 is 19.4 Å². The van der Waals surface area contributed by atoms with E-state index in [4.69, 9.17) is 4.74 Å². The van der Waals surface area contributed by atoms with Gasteiger partial charge in [0.25, 0.3) is 0 Å². The van der Waals surface area contributed by atoms with E-state index in [1.807, 2.05) is 6.92 Å². The van der Waals surface area contributed by atoms with Crippen molar-refractivity contribution in [2.24, 2.45) is 10.8 Å². The summed E-state index contributed by atoms with van der Waals surface area (Å²) in [4.78, 5) is 25.8. The normalized spacial score (nSPS) is 34.8. The number of ketones is 2. The second-order valence-corrected chi connectivity index (χ2v) is 8.62. The number of rotatable bonds is 2. The van der Waals surface area contributed by atoms with Crippen LogP contribution in [0.5, 0.6) is 0 Å². The van der Waals surface area contributed by atoms with Crippen LogP contribution in [0.15, 0.2) is 34.6 Å². The van der Waals surface area contributed by atoms with Gasteiger partial charge in [-0.1, -0.05) is 33.8 Å². The zero-order valence-electron chi connectivity index (χ0n) is 15.9. The van der Waals surface area contributed by atoms with Crippen molar-refractivity contribution in [2.75, 3.05) is 7.11 Å². The summed E-state index contributed by atoms with van der Waals surface area (Å²) in [5, 5.41) is 10.8. The minimum Gasteiger partial charge on any atom is -0.507 e. The third-order valence-corrected chi connectivity index (χ3v) is 7.00. The Kier molecular flexibility index (Phi) is 3.92. The number of aliphatic hydroxyl groups excluding tert-OH is 1. The molecule has 4 heteroatoms. The van der Waals surface area contributed by atoms with Crippen LogP contribution in [0, 0.1) is 10.8 Å². The Balaban J connectivity index is 2.31. The molecular weight excluding hydrogens is 316 g/mol. The van der Waals surface area contributed by atoms with Crippen LogP contribution in [-0.4, -0.2) is 29.4 Å². The van der Waals surface area contributed by atoms with Gasteiger partial charge in [0.15, 0.2) is 0 Å². The van der Waals surface area contributed by atoms with E-state index in [-0.39, 0.29) is 16.7 Å². The minimum absolute atomic E-state index is 0.0543. The summed E-state index contributed by atoms with van der Waals surface area (Å²) >= 11 is 0. The molecule has 0 radical (unpaired) electrons. The van der Waals surface area contributed by atoms with Crippen LogP contribution in [0.1, 0.15) is 59.8 Å². The Morgan fingerprint density at radius 2 is 1.76 bits per heavy atom. The third-order valence-electron chi connectivity index (χ3n) is 7.00. The average Bonchev–Trinajstić information content (AvgIpc) is 2.51. The van der Waals surface area contributed by atoms with Crippen molar-refractivity contribution in [1.82, 2.24) is 0 Å². The number of hydrogen-bond acceptors (Lipinski definition) is 4. The Morgan fingerprint density at radius 3 is 2.32 bits per heavy atom. The van der Waals surface area contributed by atoms with E-state index < -0.39 is 22.6 Å². The van der Waals surface area contributed by atoms with Gasteiger partial charge in [-0.3, -0.25) is 9.59 Å². The van der Waals surface area contributed by atoms with E-state index in [1.165, 1.54) is 0 Å². The van der Waals surface area contributed by atoms with Gasteiger partial charge < -0.3 is 9.84 Å². The Bertz CT molecular complexity index is 752. The van der Waals surface area contributed by atoms with Crippen molar-refractivity contribution in [1.29, 1.82) is 0 Å². The van der Waals surface area contributed by atoms with E-state index >= 15 is 0 Å². The zero-order chi connectivity index (χ0) is 18.8. The first kappa shape index (κ1) is 18.1. The number of methoxy groups -OCH3 is 1. The maximum absolute atomic E-state index is 13.1. The lowest BCUT2D eigenvalue weighted by Gasteiger charge is -2.62. The molecule has 3 aliphatic rings. The number of carbonyl (C=O) groups excluding carboxylic acids is 2. The molecular formula is C21H28O4. The van der Waals surface area contributed by atoms with Crippen LogP contribution in [0.4, 0.5) is 0 Å². The second-order valence-electron chi connectivity index (χ2n) is 8.62. The van der Waals surface area contributed by atoms with Crippen molar-refractivity contribution in [3.05, 3.63) is 34.6 Å². The van der Waals surface area contributed by atoms with Crippen LogP contribution in [-0.2, 0) is 14.3 Å². The van der Waals surface area contributed by atoms with Gasteiger partial charge in [-0.25, -0.2) is 0 Å². The van der Waals surface area contributed by atoms with Crippen LogP contribution < -0.4 is 0 Å². The summed E-state index contributed by atoms with van der Waals surface area (Å²) in [6.45, 7) is 11.8. The van der Waals surface area contributed by atoms with Gasteiger partial charge in [0, 0.05) is 23.7 Å². The van der Waals surface area contributed by atoms with Gasteiger partial charge >= 0.3 is 0 Å². The molecule has 4 nitrogen and oxygen atoms in total. The lowest BCUT2D eigenvalue weighted by atomic mass is 9.46. The molecule has 136 valence electrons. The third kappa shape index (κ3) is 2.03. The number of Topliss-reactive ketones (excluding diaryl/α,β-unsaturated/α-hetero) is 2. The van der Waals surface area contributed by atoms with Crippen LogP contribution >= 0.6 is 0 Å². The maximum Gasteiger partial charge on any atom is 0.237 e. The fraction of sp³-hybridized carbons (Fsp3) is 0.619. The first-order valence-electron chi connectivity index (χ1n) is 9.01. The largest absolute Gasteiger partial charge is 0.507 e. The Labute approximate surface area is 149 Å². The summed E-state index contributed by atoms with van der Waals surface area (Å²) in [7, 11) is 1.71. The first-order chi connectivity index (χ1) is 11.5. The highest BCUT2D eigenvalue weighted by atomic mass is 16.5. The van der Waals surface area contributed by atoms with Crippen molar-refractivity contribution >= 4 is 11.6 Å². The average molecular weight is 344 g/mol. The summed E-state index contributed by atoms with van der Waals surface area (Å²) in [6, 6.07) is 0. The molecule has 0 aromatic rings. The highest BCUT2D eigenvalue weighted by Crippen LogP contribution is 2.64. The summed E-state index contributed by atoms with van der Waals surface area (Å²) in [5.74, 6) is -1.19. The SMILES string of the molecule is C=C(C)C1=C(O)C2=C(C(=O)C1=O)C1(C)CCCC(C)(C)C1(OC)CC2. The topological polar surface area (TPSA) is 63.6 Å². The number of aliphatic hydroxyl groups is 1.